The van der Waals surface area contributed by atoms with Crippen LogP contribution >= 0.6 is 0 Å². The van der Waals surface area contributed by atoms with Crippen molar-refractivity contribution < 1.29 is 27.8 Å². The first-order valence-corrected chi connectivity index (χ1v) is 5.30. The number of hydrogen-bond acceptors (Lipinski definition) is 4. The minimum atomic E-state index is -4.53. The predicted octanol–water partition coefficient (Wildman–Crippen LogP) is 0.546. The number of benzene rings is 1. The van der Waals surface area contributed by atoms with Crippen molar-refractivity contribution in [3.05, 3.63) is 24.3 Å². The zero-order valence-electron chi connectivity index (χ0n) is 7.29. The van der Waals surface area contributed by atoms with E-state index in [0.29, 0.717) is 0 Å². The minimum absolute atomic E-state index is 0.195. The molecule has 0 saturated heterocycles. The zero-order valence-corrected chi connectivity index (χ0v) is 8.11. The average molecular weight is 234 g/mol. The number of aromatic hydroxyl groups is 1. The number of carboxylic acid groups (broad SMARTS) is 1. The fourth-order valence-corrected chi connectivity index (χ4v) is 1.91. The highest BCUT2D eigenvalue weighted by atomic mass is 32.2. The summed E-state index contributed by atoms with van der Waals surface area (Å²) in [7, 11) is -4.53. The Labute approximate surface area is 84.7 Å². The van der Waals surface area contributed by atoms with Crippen LogP contribution < -0.4 is 0 Å². The standard InChI is InChI=1S/C8H7FO5S/c9-7(8(11)12)15(13,14)6-3-1-5(10)2-4-6/h1-4,7,10H,(H,11,12). The Kier molecular flexibility index (Phi) is 2.94. The molecule has 0 aromatic heterocycles. The van der Waals surface area contributed by atoms with Gasteiger partial charge in [-0.25, -0.2) is 17.6 Å². The molecule has 1 aromatic carbocycles. The lowest BCUT2D eigenvalue weighted by Gasteiger charge is -2.05. The smallest absolute Gasteiger partial charge is 0.354 e. The summed E-state index contributed by atoms with van der Waals surface area (Å²) in [5.41, 5.74) is -3.00. The Bertz CT molecular complexity index is 464. The molecule has 0 aliphatic heterocycles. The number of alkyl halides is 1. The largest absolute Gasteiger partial charge is 0.508 e. The maximum absolute atomic E-state index is 12.8. The molecule has 0 saturated carbocycles. The molecule has 1 rings (SSSR count). The van der Waals surface area contributed by atoms with Gasteiger partial charge in [0.15, 0.2) is 0 Å². The second kappa shape index (κ2) is 3.85. The van der Waals surface area contributed by atoms with Crippen LogP contribution in [-0.2, 0) is 14.6 Å². The lowest BCUT2D eigenvalue weighted by Crippen LogP contribution is -2.25. The number of carboxylic acids is 1. The van der Waals surface area contributed by atoms with Gasteiger partial charge in [0.25, 0.3) is 0 Å². The first-order chi connectivity index (χ1) is 6.85. The number of hydrogen-bond donors (Lipinski definition) is 2. The fraction of sp³-hybridized carbons (Fsp3) is 0.125. The van der Waals surface area contributed by atoms with Crippen molar-refractivity contribution in [1.29, 1.82) is 0 Å². The lowest BCUT2D eigenvalue weighted by atomic mass is 10.3. The Morgan fingerprint density at radius 1 is 1.27 bits per heavy atom. The van der Waals surface area contributed by atoms with E-state index in [2.05, 4.69) is 0 Å². The third-order valence-electron chi connectivity index (χ3n) is 1.63. The van der Waals surface area contributed by atoms with Crippen LogP contribution in [0.5, 0.6) is 5.75 Å². The summed E-state index contributed by atoms with van der Waals surface area (Å²) in [5, 5.41) is 17.1. The minimum Gasteiger partial charge on any atom is -0.508 e. The maximum Gasteiger partial charge on any atom is 0.354 e. The highest BCUT2D eigenvalue weighted by molar-refractivity contribution is 7.92. The molecule has 82 valence electrons. The topological polar surface area (TPSA) is 91.7 Å². The summed E-state index contributed by atoms with van der Waals surface area (Å²) >= 11 is 0. The molecule has 0 bridgehead atoms. The molecule has 15 heavy (non-hydrogen) atoms. The molecule has 7 heteroatoms. The molecule has 5 nitrogen and oxygen atoms in total. The van der Waals surface area contributed by atoms with Crippen molar-refractivity contribution in [1.82, 2.24) is 0 Å². The normalized spacial score (nSPS) is 13.4. The molecule has 0 aliphatic carbocycles. The molecule has 0 aliphatic rings. The maximum atomic E-state index is 12.8. The van der Waals surface area contributed by atoms with E-state index in [4.69, 9.17) is 10.2 Å². The van der Waals surface area contributed by atoms with E-state index < -0.39 is 26.2 Å². The monoisotopic (exact) mass is 234 g/mol. The van der Waals surface area contributed by atoms with Crippen LogP contribution in [0.15, 0.2) is 29.2 Å². The SMILES string of the molecule is O=C(O)C(F)S(=O)(=O)c1ccc(O)cc1. The highest BCUT2D eigenvalue weighted by Gasteiger charge is 2.33. The predicted molar refractivity (Wildman–Crippen MR) is 47.8 cm³/mol. The Morgan fingerprint density at radius 2 is 1.73 bits per heavy atom. The molecule has 1 unspecified atom stereocenters. The van der Waals surface area contributed by atoms with Crippen LogP contribution in [0.1, 0.15) is 0 Å². The van der Waals surface area contributed by atoms with Crippen LogP contribution in [-0.4, -0.2) is 30.1 Å². The van der Waals surface area contributed by atoms with Gasteiger partial charge in [-0.3, -0.25) is 0 Å². The Balaban J connectivity index is 3.17. The van der Waals surface area contributed by atoms with Crippen LogP contribution in [0.3, 0.4) is 0 Å². The van der Waals surface area contributed by atoms with Gasteiger partial charge in [-0.05, 0) is 24.3 Å². The van der Waals surface area contributed by atoms with E-state index in [0.717, 1.165) is 24.3 Å². The Morgan fingerprint density at radius 3 is 2.13 bits per heavy atom. The molecule has 0 radical (unpaired) electrons. The third kappa shape index (κ3) is 2.24. The van der Waals surface area contributed by atoms with Gasteiger partial charge < -0.3 is 10.2 Å². The lowest BCUT2D eigenvalue weighted by molar-refractivity contribution is -0.139. The quantitative estimate of drug-likeness (QED) is 0.796. The van der Waals surface area contributed by atoms with E-state index in [1.165, 1.54) is 0 Å². The van der Waals surface area contributed by atoms with Crippen molar-refractivity contribution >= 4 is 15.8 Å². The van der Waals surface area contributed by atoms with Crippen molar-refractivity contribution in [3.8, 4) is 5.75 Å². The van der Waals surface area contributed by atoms with Gasteiger partial charge in [0, 0.05) is 0 Å². The number of halogens is 1. The van der Waals surface area contributed by atoms with E-state index in [1.54, 1.807) is 0 Å². The summed E-state index contributed by atoms with van der Waals surface area (Å²) < 4.78 is 35.3. The number of carbonyl (C=O) groups is 1. The van der Waals surface area contributed by atoms with Gasteiger partial charge in [0.2, 0.25) is 9.84 Å². The van der Waals surface area contributed by atoms with E-state index in [-0.39, 0.29) is 5.75 Å². The third-order valence-corrected chi connectivity index (χ3v) is 3.31. The summed E-state index contributed by atoms with van der Waals surface area (Å²) in [6.45, 7) is 0. The molecule has 0 amide bonds. The first kappa shape index (κ1) is 11.4. The second-order valence-electron chi connectivity index (χ2n) is 2.69. The molecule has 1 aromatic rings. The van der Waals surface area contributed by atoms with Gasteiger partial charge in [0.1, 0.15) is 5.75 Å². The zero-order chi connectivity index (χ0) is 11.6. The van der Waals surface area contributed by atoms with E-state index in [1.807, 2.05) is 0 Å². The van der Waals surface area contributed by atoms with Crippen molar-refractivity contribution in [2.45, 2.75) is 10.4 Å². The molecular formula is C8H7FO5S. The average Bonchev–Trinajstić information content (AvgIpc) is 2.17. The number of phenols is 1. The van der Waals surface area contributed by atoms with Gasteiger partial charge >= 0.3 is 11.5 Å². The van der Waals surface area contributed by atoms with Gasteiger partial charge in [-0.2, -0.15) is 0 Å². The number of sulfone groups is 1. The van der Waals surface area contributed by atoms with Crippen LogP contribution in [0.2, 0.25) is 0 Å². The Hall–Kier alpha value is -1.63. The van der Waals surface area contributed by atoms with Gasteiger partial charge in [-0.15, -0.1) is 0 Å². The molecule has 1 atom stereocenters. The molecular weight excluding hydrogens is 227 g/mol. The summed E-state index contributed by atoms with van der Waals surface area (Å²) in [5.74, 6) is -2.26. The molecule has 0 fully saturated rings. The molecule has 2 N–H and O–H groups in total. The van der Waals surface area contributed by atoms with E-state index in [9.17, 15) is 17.6 Å². The summed E-state index contributed by atoms with van der Waals surface area (Å²) in [6.07, 6.45) is 0. The van der Waals surface area contributed by atoms with Crippen LogP contribution in [0.25, 0.3) is 0 Å². The van der Waals surface area contributed by atoms with Crippen molar-refractivity contribution in [3.63, 3.8) is 0 Å². The number of rotatable bonds is 3. The van der Waals surface area contributed by atoms with Crippen LogP contribution in [0, 0.1) is 0 Å². The molecule has 0 spiro atoms. The van der Waals surface area contributed by atoms with Crippen molar-refractivity contribution in [2.24, 2.45) is 0 Å². The van der Waals surface area contributed by atoms with E-state index >= 15 is 0 Å². The van der Waals surface area contributed by atoms with Gasteiger partial charge in [-0.1, -0.05) is 0 Å². The van der Waals surface area contributed by atoms with Crippen LogP contribution in [0.4, 0.5) is 4.39 Å². The second-order valence-corrected chi connectivity index (χ2v) is 4.67. The number of aliphatic carboxylic acids is 1. The summed E-state index contributed by atoms with van der Waals surface area (Å²) in [6, 6.07) is 3.92. The molecule has 0 heterocycles. The highest BCUT2D eigenvalue weighted by Crippen LogP contribution is 2.19. The first-order valence-electron chi connectivity index (χ1n) is 3.75. The fourth-order valence-electron chi connectivity index (χ4n) is 0.888. The number of phenolic OH excluding ortho intramolecular Hbond substituents is 1. The van der Waals surface area contributed by atoms with Crippen molar-refractivity contribution in [2.75, 3.05) is 0 Å². The van der Waals surface area contributed by atoms with Gasteiger partial charge in [0.05, 0.1) is 4.90 Å². The summed E-state index contributed by atoms with van der Waals surface area (Å²) in [4.78, 5) is 9.69.